The summed E-state index contributed by atoms with van der Waals surface area (Å²) in [5.41, 5.74) is 8.34. The lowest BCUT2D eigenvalue weighted by atomic mass is 10.1. The van der Waals surface area contributed by atoms with E-state index in [2.05, 4.69) is 15.6 Å². The minimum atomic E-state index is -2.61. The molecule has 1 amide bonds. The van der Waals surface area contributed by atoms with E-state index in [1.807, 2.05) is 31.2 Å². The van der Waals surface area contributed by atoms with Crippen LogP contribution < -0.4 is 16.4 Å². The van der Waals surface area contributed by atoms with Gasteiger partial charge in [-0.1, -0.05) is 17.7 Å². The fraction of sp³-hybridized carbons (Fsp3) is 0.100. The molecule has 0 aliphatic heterocycles. The Bertz CT molecular complexity index is 1160. The summed E-state index contributed by atoms with van der Waals surface area (Å²) >= 11 is 0. The van der Waals surface area contributed by atoms with Crippen molar-refractivity contribution in [3.63, 3.8) is 0 Å². The zero-order chi connectivity index (χ0) is 23.0. The normalized spacial score (nSPS) is 9.90. The maximum atomic E-state index is 13.3. The second kappa shape index (κ2) is 10.8. The molecule has 0 unspecified atom stereocenters. The molecule has 0 saturated carbocycles. The summed E-state index contributed by atoms with van der Waals surface area (Å²) in [7, 11) is -2.61. The van der Waals surface area contributed by atoms with E-state index in [9.17, 15) is 13.6 Å². The predicted octanol–water partition coefficient (Wildman–Crippen LogP) is 3.75. The van der Waals surface area contributed by atoms with E-state index in [1.165, 1.54) is 18.3 Å². The molecule has 11 heteroatoms. The van der Waals surface area contributed by atoms with E-state index < -0.39 is 28.0 Å². The lowest BCUT2D eigenvalue weighted by molar-refractivity contribution is 0.100. The Kier molecular flexibility index (Phi) is 8.15. The van der Waals surface area contributed by atoms with Crippen molar-refractivity contribution >= 4 is 33.6 Å². The van der Waals surface area contributed by atoms with Crippen LogP contribution in [0, 0.1) is 23.3 Å². The molecule has 3 rings (SSSR count). The SMILES string of the molecule is Cc1ccc(Nc2cc(NCc3cc(F)cc(F)c3)c(C(N)=O)cn2)cc1.N=S(=O)=O. The smallest absolute Gasteiger partial charge is 0.308 e. The van der Waals surface area contributed by atoms with Gasteiger partial charge in [0.05, 0.1) is 11.3 Å². The number of nitrogens with zero attached hydrogens (tertiary/aromatic N) is 1. The first-order valence-corrected chi connectivity index (χ1v) is 9.84. The van der Waals surface area contributed by atoms with E-state index in [-0.39, 0.29) is 12.1 Å². The van der Waals surface area contributed by atoms with Crippen LogP contribution in [-0.4, -0.2) is 19.3 Å². The third kappa shape index (κ3) is 7.82. The zero-order valence-electron chi connectivity index (χ0n) is 16.3. The molecule has 0 radical (unpaired) electrons. The number of nitrogens with two attached hydrogens (primary N) is 1. The van der Waals surface area contributed by atoms with Gasteiger partial charge in [-0.25, -0.2) is 13.8 Å². The number of aromatic nitrogens is 1. The number of benzene rings is 2. The number of nitrogens with one attached hydrogen (secondary N) is 3. The van der Waals surface area contributed by atoms with Crippen LogP contribution in [0.4, 0.5) is 26.0 Å². The molecule has 8 nitrogen and oxygen atoms in total. The molecule has 0 bridgehead atoms. The summed E-state index contributed by atoms with van der Waals surface area (Å²) in [5.74, 6) is -1.49. The Balaban J connectivity index is 0.000000785. The van der Waals surface area contributed by atoms with Crippen LogP contribution in [0.3, 0.4) is 0 Å². The molecular formula is C20H19F2N5O3S. The van der Waals surface area contributed by atoms with Crippen LogP contribution >= 0.6 is 0 Å². The molecule has 1 heterocycles. The number of carbonyl (C=O) groups excluding carboxylic acids is 1. The highest BCUT2D eigenvalue weighted by Gasteiger charge is 2.11. The van der Waals surface area contributed by atoms with Crippen LogP contribution in [0.1, 0.15) is 21.5 Å². The van der Waals surface area contributed by atoms with Crippen LogP contribution in [0.2, 0.25) is 0 Å². The lowest BCUT2D eigenvalue weighted by Crippen LogP contribution is -2.15. The van der Waals surface area contributed by atoms with Crippen LogP contribution in [0.5, 0.6) is 0 Å². The molecular weight excluding hydrogens is 428 g/mol. The fourth-order valence-electron chi connectivity index (χ4n) is 2.56. The van der Waals surface area contributed by atoms with Crippen molar-refractivity contribution in [1.82, 2.24) is 4.98 Å². The largest absolute Gasteiger partial charge is 0.380 e. The Morgan fingerprint density at radius 2 is 1.68 bits per heavy atom. The summed E-state index contributed by atoms with van der Waals surface area (Å²) in [6, 6.07) is 12.6. The standard InChI is InChI=1S/C20H18F2N4O.HNO2S/c1-12-2-4-16(5-3-12)26-19-9-18(17(11-25-19)20(23)27)24-10-13-6-14(21)8-15(22)7-13;1-4(2)3/h2-9,11H,10H2,1H3,(H2,23,27)(H2,24,25,26);1H. The van der Waals surface area contributed by atoms with E-state index >= 15 is 0 Å². The van der Waals surface area contributed by atoms with Crippen molar-refractivity contribution < 1.29 is 22.0 Å². The van der Waals surface area contributed by atoms with Crippen molar-refractivity contribution in [2.45, 2.75) is 13.5 Å². The molecule has 0 spiro atoms. The molecule has 31 heavy (non-hydrogen) atoms. The quantitative estimate of drug-likeness (QED) is 0.454. The van der Waals surface area contributed by atoms with Crippen LogP contribution in [0.15, 0.2) is 54.7 Å². The topological polar surface area (TPSA) is 138 Å². The average Bonchev–Trinajstić information content (AvgIpc) is 2.67. The van der Waals surface area contributed by atoms with E-state index in [4.69, 9.17) is 18.9 Å². The summed E-state index contributed by atoms with van der Waals surface area (Å²) in [4.78, 5) is 15.8. The molecule has 0 saturated heterocycles. The number of hydrogen-bond donors (Lipinski definition) is 4. The van der Waals surface area contributed by atoms with Gasteiger partial charge in [0.2, 0.25) is 0 Å². The first-order valence-electron chi connectivity index (χ1n) is 8.77. The number of halogens is 2. The van der Waals surface area contributed by atoms with Crippen LogP contribution in [0.25, 0.3) is 0 Å². The molecule has 162 valence electrons. The maximum Gasteiger partial charge on any atom is 0.308 e. The zero-order valence-corrected chi connectivity index (χ0v) is 17.1. The summed E-state index contributed by atoms with van der Waals surface area (Å²) in [6.07, 6.45) is 1.35. The highest BCUT2D eigenvalue weighted by molar-refractivity contribution is 7.60. The van der Waals surface area contributed by atoms with E-state index in [0.29, 0.717) is 17.1 Å². The Morgan fingerprint density at radius 3 is 2.23 bits per heavy atom. The predicted molar refractivity (Wildman–Crippen MR) is 113 cm³/mol. The van der Waals surface area contributed by atoms with Gasteiger partial charge in [-0.3, -0.25) is 4.79 Å². The number of pyridine rings is 1. The van der Waals surface area contributed by atoms with Gasteiger partial charge in [-0.05, 0) is 36.8 Å². The number of rotatable bonds is 6. The third-order valence-electron chi connectivity index (χ3n) is 3.90. The molecule has 0 aliphatic rings. The lowest BCUT2D eigenvalue weighted by Gasteiger charge is -2.13. The molecule has 2 aromatic carbocycles. The number of amides is 1. The fourth-order valence-corrected chi connectivity index (χ4v) is 2.56. The number of anilines is 3. The maximum absolute atomic E-state index is 13.3. The van der Waals surface area contributed by atoms with E-state index in [0.717, 1.165) is 17.3 Å². The molecule has 0 aliphatic carbocycles. The minimum absolute atomic E-state index is 0.114. The number of carbonyl (C=O) groups is 1. The van der Waals surface area contributed by atoms with Gasteiger partial charge in [0.15, 0.2) is 0 Å². The number of primary amides is 1. The Labute approximate surface area is 178 Å². The van der Waals surface area contributed by atoms with Crippen molar-refractivity contribution in [2.24, 2.45) is 5.73 Å². The molecule has 3 aromatic rings. The summed E-state index contributed by atoms with van der Waals surface area (Å²) in [6.45, 7) is 2.10. The molecule has 5 N–H and O–H groups in total. The first kappa shape index (κ1) is 23.4. The molecule has 1 aromatic heterocycles. The minimum Gasteiger partial charge on any atom is -0.380 e. The first-order chi connectivity index (χ1) is 14.6. The van der Waals surface area contributed by atoms with Crippen molar-refractivity contribution in [1.29, 1.82) is 4.78 Å². The van der Waals surface area contributed by atoms with Gasteiger partial charge in [-0.2, -0.15) is 13.2 Å². The van der Waals surface area contributed by atoms with Gasteiger partial charge >= 0.3 is 10.5 Å². The van der Waals surface area contributed by atoms with Gasteiger partial charge in [0.25, 0.3) is 5.91 Å². The monoisotopic (exact) mass is 447 g/mol. The summed E-state index contributed by atoms with van der Waals surface area (Å²) in [5, 5.41) is 6.12. The van der Waals surface area contributed by atoms with Crippen molar-refractivity contribution in [3.8, 4) is 0 Å². The highest BCUT2D eigenvalue weighted by Crippen LogP contribution is 2.22. The van der Waals surface area contributed by atoms with Crippen molar-refractivity contribution in [3.05, 3.63) is 83.1 Å². The second-order valence-corrected chi connectivity index (χ2v) is 6.81. The number of hydrogen-bond acceptors (Lipinski definition) is 7. The second-order valence-electron chi connectivity index (χ2n) is 6.34. The Hall–Kier alpha value is -3.86. The van der Waals surface area contributed by atoms with Gasteiger partial charge in [0, 0.05) is 30.6 Å². The third-order valence-corrected chi connectivity index (χ3v) is 3.90. The highest BCUT2D eigenvalue weighted by atomic mass is 32.2. The molecule has 0 fully saturated rings. The molecule has 0 atom stereocenters. The van der Waals surface area contributed by atoms with Crippen molar-refractivity contribution in [2.75, 3.05) is 10.6 Å². The van der Waals surface area contributed by atoms with E-state index in [1.54, 1.807) is 6.07 Å². The number of aryl methyl sites for hydroxylation is 1. The van der Waals surface area contributed by atoms with Crippen LogP contribution in [-0.2, 0) is 17.0 Å². The van der Waals surface area contributed by atoms with Gasteiger partial charge < -0.3 is 16.4 Å². The summed E-state index contributed by atoms with van der Waals surface area (Å²) < 4.78 is 49.5. The van der Waals surface area contributed by atoms with Gasteiger partial charge in [-0.15, -0.1) is 0 Å². The van der Waals surface area contributed by atoms with Gasteiger partial charge in [0.1, 0.15) is 17.5 Å². The Morgan fingerprint density at radius 1 is 1.10 bits per heavy atom. The average molecular weight is 447 g/mol.